The zero-order valence-electron chi connectivity index (χ0n) is 19.6. The van der Waals surface area contributed by atoms with Crippen LogP contribution in [0.25, 0.3) is 0 Å². The first kappa shape index (κ1) is 25.7. The van der Waals surface area contributed by atoms with Crippen LogP contribution in [0, 0.1) is 11.6 Å². The highest BCUT2D eigenvalue weighted by Crippen LogP contribution is 2.40. The molecule has 2 aliphatic heterocycles. The van der Waals surface area contributed by atoms with E-state index >= 15 is 0 Å². The average Bonchev–Trinajstić information content (AvgIpc) is 3.12. The first-order valence-electron chi connectivity index (χ1n) is 11.7. The molecule has 194 valence electrons. The number of ether oxygens (including phenoxy) is 1. The molecular weight excluding hydrogens is 524 g/mol. The molecule has 3 aromatic rings. The maximum atomic E-state index is 14.9. The molecule has 3 atom stereocenters. The molecule has 3 aromatic carbocycles. The average molecular weight is 548 g/mol. The standard InChI is InChI=1S/C26H24ClF2N3O4S/c27-18-6-8-20(9-7-18)36-24-22(28)12-21(13-23(24)29)37(34)32-19-10-11-26(32,16-30-14-19)25(33)31-35-15-17-4-2-1-3-5-17/h1-9,12-13,19,30H,10-11,14-16H2,(H,31,33). The topological polar surface area (TPSA) is 79.9 Å². The molecule has 1 amide bonds. The van der Waals surface area contributed by atoms with Crippen LogP contribution < -0.4 is 15.5 Å². The van der Waals surface area contributed by atoms with E-state index in [1.54, 1.807) is 4.31 Å². The number of fused-ring (bicyclic) bond motifs is 2. The molecule has 11 heteroatoms. The Balaban J connectivity index is 1.35. The lowest BCUT2D eigenvalue weighted by Crippen LogP contribution is -2.66. The molecule has 5 rings (SSSR count). The van der Waals surface area contributed by atoms with Gasteiger partial charge in [-0.15, -0.1) is 0 Å². The second kappa shape index (κ2) is 10.8. The number of amides is 1. The number of hydrogen-bond acceptors (Lipinski definition) is 5. The van der Waals surface area contributed by atoms with Crippen molar-refractivity contribution in [1.82, 2.24) is 15.1 Å². The fraction of sp³-hybridized carbons (Fsp3) is 0.269. The van der Waals surface area contributed by atoms with Gasteiger partial charge in [-0.3, -0.25) is 9.63 Å². The second-order valence-corrected chi connectivity index (χ2v) is 10.7. The molecular formula is C26H24ClF2N3O4S. The molecule has 0 radical (unpaired) electrons. The Morgan fingerprint density at radius 2 is 1.84 bits per heavy atom. The van der Waals surface area contributed by atoms with E-state index in [4.69, 9.17) is 21.2 Å². The summed E-state index contributed by atoms with van der Waals surface area (Å²) < 4.78 is 50.5. The van der Waals surface area contributed by atoms with E-state index in [-0.39, 0.29) is 29.8 Å². The number of hydrogen-bond donors (Lipinski definition) is 2. The highest BCUT2D eigenvalue weighted by atomic mass is 35.5. The van der Waals surface area contributed by atoms with Crippen LogP contribution in [0.1, 0.15) is 18.4 Å². The predicted molar refractivity (Wildman–Crippen MR) is 134 cm³/mol. The Hall–Kier alpha value is -2.89. The lowest BCUT2D eigenvalue weighted by atomic mass is 9.97. The highest BCUT2D eigenvalue weighted by Gasteiger charge is 2.57. The molecule has 37 heavy (non-hydrogen) atoms. The maximum Gasteiger partial charge on any atom is 0.266 e. The third kappa shape index (κ3) is 5.25. The van der Waals surface area contributed by atoms with E-state index in [1.807, 2.05) is 30.3 Å². The van der Waals surface area contributed by atoms with Crippen LogP contribution in [-0.2, 0) is 27.2 Å². The van der Waals surface area contributed by atoms with E-state index in [1.165, 1.54) is 24.3 Å². The van der Waals surface area contributed by atoms with Gasteiger partial charge in [0.25, 0.3) is 5.91 Å². The SMILES string of the molecule is O=C(NOCc1ccccc1)C12CCC(CNC1)N2S(=O)c1cc(F)c(Oc2ccc(Cl)cc2)c(F)c1. The molecule has 3 unspecified atom stereocenters. The van der Waals surface area contributed by atoms with Crippen molar-refractivity contribution in [1.29, 1.82) is 0 Å². The molecule has 2 saturated heterocycles. The number of nitrogens with one attached hydrogen (secondary N) is 2. The number of rotatable bonds is 8. The van der Waals surface area contributed by atoms with Gasteiger partial charge in [-0.05, 0) is 54.8 Å². The number of nitrogens with zero attached hydrogens (tertiary/aromatic N) is 1. The molecule has 0 aliphatic carbocycles. The number of hydroxylamine groups is 1. The molecule has 2 aliphatic rings. The normalized spacial score (nSPS) is 22.0. The summed E-state index contributed by atoms with van der Waals surface area (Å²) in [5.74, 6) is -2.90. The molecule has 0 spiro atoms. The van der Waals surface area contributed by atoms with Gasteiger partial charge in [-0.1, -0.05) is 41.9 Å². The van der Waals surface area contributed by atoms with E-state index in [9.17, 15) is 17.8 Å². The summed E-state index contributed by atoms with van der Waals surface area (Å²) in [5, 5.41) is 3.66. The zero-order valence-corrected chi connectivity index (χ0v) is 21.2. The number of carbonyl (C=O) groups is 1. The van der Waals surface area contributed by atoms with Crippen molar-refractivity contribution in [3.63, 3.8) is 0 Å². The highest BCUT2D eigenvalue weighted by molar-refractivity contribution is 7.82. The largest absolute Gasteiger partial charge is 0.451 e. The van der Waals surface area contributed by atoms with E-state index < -0.39 is 39.8 Å². The smallest absolute Gasteiger partial charge is 0.266 e. The van der Waals surface area contributed by atoms with Crippen LogP contribution in [0.5, 0.6) is 11.5 Å². The van der Waals surface area contributed by atoms with Gasteiger partial charge >= 0.3 is 0 Å². The Labute approximate surface area is 220 Å². The van der Waals surface area contributed by atoms with Crippen LogP contribution >= 0.6 is 11.6 Å². The third-order valence-electron chi connectivity index (χ3n) is 6.50. The van der Waals surface area contributed by atoms with Crippen molar-refractivity contribution in [3.05, 3.63) is 89.0 Å². The van der Waals surface area contributed by atoms with Crippen molar-refractivity contribution >= 4 is 28.5 Å². The molecule has 0 saturated carbocycles. The molecule has 2 N–H and O–H groups in total. The van der Waals surface area contributed by atoms with Gasteiger partial charge in [-0.2, -0.15) is 4.31 Å². The first-order valence-corrected chi connectivity index (χ1v) is 13.2. The summed E-state index contributed by atoms with van der Waals surface area (Å²) in [4.78, 5) is 18.6. The van der Waals surface area contributed by atoms with Gasteiger partial charge < -0.3 is 10.1 Å². The Kier molecular flexibility index (Phi) is 7.55. The summed E-state index contributed by atoms with van der Waals surface area (Å²) in [6.45, 7) is 0.876. The third-order valence-corrected chi connectivity index (χ3v) is 8.39. The minimum absolute atomic E-state index is 0.102. The minimum Gasteiger partial charge on any atom is -0.451 e. The van der Waals surface area contributed by atoms with Gasteiger partial charge in [0.15, 0.2) is 17.4 Å². The van der Waals surface area contributed by atoms with Gasteiger partial charge in [0.2, 0.25) is 0 Å². The molecule has 0 aromatic heterocycles. The first-order chi connectivity index (χ1) is 17.9. The van der Waals surface area contributed by atoms with Crippen LogP contribution in [0.15, 0.2) is 71.6 Å². The summed E-state index contributed by atoms with van der Waals surface area (Å²) >= 11 is 5.84. The van der Waals surface area contributed by atoms with Crippen LogP contribution in [0.2, 0.25) is 5.02 Å². The second-order valence-electron chi connectivity index (χ2n) is 8.91. The predicted octanol–water partition coefficient (Wildman–Crippen LogP) is 4.49. The summed E-state index contributed by atoms with van der Waals surface area (Å²) in [7, 11) is -2.02. The fourth-order valence-electron chi connectivity index (χ4n) is 4.69. The number of piperazine rings is 1. The summed E-state index contributed by atoms with van der Waals surface area (Å²) in [6.07, 6.45) is 1.01. The van der Waals surface area contributed by atoms with Gasteiger partial charge in [0.1, 0.15) is 22.3 Å². The van der Waals surface area contributed by atoms with Gasteiger partial charge in [0.05, 0.1) is 11.5 Å². The Morgan fingerprint density at radius 3 is 2.54 bits per heavy atom. The van der Waals surface area contributed by atoms with E-state index in [2.05, 4.69) is 10.8 Å². The van der Waals surface area contributed by atoms with Gasteiger partial charge in [-0.25, -0.2) is 18.5 Å². The number of carbonyl (C=O) groups excluding carboxylic acids is 1. The van der Waals surface area contributed by atoms with Crippen molar-refractivity contribution in [2.24, 2.45) is 0 Å². The lowest BCUT2D eigenvalue weighted by molar-refractivity contribution is -0.144. The lowest BCUT2D eigenvalue weighted by Gasteiger charge is -2.42. The van der Waals surface area contributed by atoms with Crippen molar-refractivity contribution in [2.45, 2.75) is 35.9 Å². The molecule has 2 heterocycles. The van der Waals surface area contributed by atoms with Crippen molar-refractivity contribution < 1.29 is 27.4 Å². The van der Waals surface area contributed by atoms with E-state index in [0.29, 0.717) is 24.4 Å². The Bertz CT molecular complexity index is 1290. The molecule has 2 bridgehead atoms. The van der Waals surface area contributed by atoms with Crippen LogP contribution in [0.4, 0.5) is 8.78 Å². The summed E-state index contributed by atoms with van der Waals surface area (Å²) in [6, 6.07) is 17.0. The fourth-order valence-corrected chi connectivity index (χ4v) is 6.46. The van der Waals surface area contributed by atoms with Crippen LogP contribution in [-0.4, -0.2) is 39.1 Å². The van der Waals surface area contributed by atoms with Crippen molar-refractivity contribution in [2.75, 3.05) is 13.1 Å². The monoisotopic (exact) mass is 547 g/mol. The van der Waals surface area contributed by atoms with Crippen molar-refractivity contribution in [3.8, 4) is 11.5 Å². The summed E-state index contributed by atoms with van der Waals surface area (Å²) in [5.41, 5.74) is 2.16. The molecule has 2 fully saturated rings. The quantitative estimate of drug-likeness (QED) is 0.406. The van der Waals surface area contributed by atoms with E-state index in [0.717, 1.165) is 17.7 Å². The van der Waals surface area contributed by atoms with Gasteiger partial charge in [0, 0.05) is 24.2 Å². The zero-order chi connectivity index (χ0) is 26.0. The maximum absolute atomic E-state index is 14.9. The number of halogens is 3. The number of benzene rings is 3. The Morgan fingerprint density at radius 1 is 1.14 bits per heavy atom. The minimum atomic E-state index is -2.02. The molecule has 7 nitrogen and oxygen atoms in total. The van der Waals surface area contributed by atoms with Crippen LogP contribution in [0.3, 0.4) is 0 Å².